The van der Waals surface area contributed by atoms with E-state index in [0.29, 0.717) is 26.1 Å². The van der Waals surface area contributed by atoms with Gasteiger partial charge in [-0.15, -0.1) is 0 Å². The minimum absolute atomic E-state index is 0.0758. The maximum Gasteiger partial charge on any atom is 0.220 e. The second-order valence-corrected chi connectivity index (χ2v) is 4.29. The summed E-state index contributed by atoms with van der Waals surface area (Å²) in [4.78, 5) is 11.3. The normalized spacial score (nSPS) is 18.1. The van der Waals surface area contributed by atoms with E-state index >= 15 is 0 Å². The van der Waals surface area contributed by atoms with Gasteiger partial charge in [-0.2, -0.15) is 0 Å². The fourth-order valence-corrected chi connectivity index (χ4v) is 1.05. The molecule has 1 aliphatic heterocycles. The van der Waals surface area contributed by atoms with Crippen LogP contribution in [0.5, 0.6) is 0 Å². The summed E-state index contributed by atoms with van der Waals surface area (Å²) in [5.41, 5.74) is 5.50. The zero-order chi connectivity index (χ0) is 9.90. The third kappa shape index (κ3) is 4.24. The van der Waals surface area contributed by atoms with Crippen LogP contribution in [-0.4, -0.2) is 30.7 Å². The lowest BCUT2D eigenvalue weighted by Gasteiger charge is -2.27. The van der Waals surface area contributed by atoms with Crippen molar-refractivity contribution in [1.82, 2.24) is 5.32 Å². The minimum atomic E-state index is -0.256. The third-order valence-corrected chi connectivity index (χ3v) is 2.00. The molecule has 0 aromatic heterocycles. The number of amides is 1. The van der Waals surface area contributed by atoms with Gasteiger partial charge in [-0.1, -0.05) is 0 Å². The van der Waals surface area contributed by atoms with E-state index in [0.717, 1.165) is 0 Å². The zero-order valence-electron chi connectivity index (χ0n) is 8.30. The monoisotopic (exact) mass is 186 g/mol. The van der Waals surface area contributed by atoms with Gasteiger partial charge in [-0.05, 0) is 20.3 Å². The predicted molar refractivity (Wildman–Crippen MR) is 50.3 cm³/mol. The average molecular weight is 186 g/mol. The van der Waals surface area contributed by atoms with E-state index in [1.807, 2.05) is 13.8 Å². The summed E-state index contributed by atoms with van der Waals surface area (Å²) in [6.45, 7) is 5.15. The van der Waals surface area contributed by atoms with Gasteiger partial charge in [0.15, 0.2) is 0 Å². The van der Waals surface area contributed by atoms with Gasteiger partial charge < -0.3 is 15.8 Å². The van der Waals surface area contributed by atoms with Crippen LogP contribution in [0.15, 0.2) is 0 Å². The van der Waals surface area contributed by atoms with Crippen molar-refractivity contribution in [2.45, 2.75) is 38.3 Å². The summed E-state index contributed by atoms with van der Waals surface area (Å²) in [6, 6.07) is 0.230. The summed E-state index contributed by atoms with van der Waals surface area (Å²) >= 11 is 0. The fourth-order valence-electron chi connectivity index (χ4n) is 1.05. The van der Waals surface area contributed by atoms with Crippen LogP contribution >= 0.6 is 0 Å². The Bertz CT molecular complexity index is 183. The Balaban J connectivity index is 2.10. The van der Waals surface area contributed by atoms with Gasteiger partial charge in [0, 0.05) is 12.0 Å². The van der Waals surface area contributed by atoms with E-state index in [-0.39, 0.29) is 17.5 Å². The number of hydrogen-bond acceptors (Lipinski definition) is 3. The van der Waals surface area contributed by atoms with Crippen LogP contribution in [0, 0.1) is 0 Å². The molecule has 0 saturated carbocycles. The van der Waals surface area contributed by atoms with Crippen molar-refractivity contribution < 1.29 is 9.53 Å². The average Bonchev–Trinajstić information content (AvgIpc) is 1.91. The molecule has 0 aromatic rings. The maximum atomic E-state index is 11.3. The number of carbonyl (C=O) groups excluding carboxylic acids is 1. The van der Waals surface area contributed by atoms with Crippen molar-refractivity contribution in [3.8, 4) is 0 Å². The lowest BCUT2D eigenvalue weighted by molar-refractivity contribution is -0.125. The van der Waals surface area contributed by atoms with Crippen LogP contribution < -0.4 is 11.1 Å². The van der Waals surface area contributed by atoms with E-state index in [1.165, 1.54) is 0 Å². The first-order chi connectivity index (χ1) is 5.97. The van der Waals surface area contributed by atoms with Gasteiger partial charge in [-0.25, -0.2) is 0 Å². The third-order valence-electron chi connectivity index (χ3n) is 2.00. The first-order valence-corrected chi connectivity index (χ1v) is 4.63. The molecule has 4 heteroatoms. The number of carbonyl (C=O) groups is 1. The van der Waals surface area contributed by atoms with E-state index in [9.17, 15) is 4.79 Å². The van der Waals surface area contributed by atoms with Crippen LogP contribution in [0.4, 0.5) is 0 Å². The Morgan fingerprint density at radius 3 is 2.62 bits per heavy atom. The van der Waals surface area contributed by atoms with E-state index < -0.39 is 0 Å². The molecule has 13 heavy (non-hydrogen) atoms. The summed E-state index contributed by atoms with van der Waals surface area (Å²) in [5.74, 6) is 0.0758. The van der Waals surface area contributed by atoms with Crippen LogP contribution in [0.1, 0.15) is 26.7 Å². The lowest BCUT2D eigenvalue weighted by atomic mass is 10.00. The Labute approximate surface area is 78.8 Å². The van der Waals surface area contributed by atoms with Crippen molar-refractivity contribution in [3.05, 3.63) is 0 Å². The predicted octanol–water partition coefficient (Wildman–Crippen LogP) is 0.0189. The minimum Gasteiger partial charge on any atom is -0.377 e. The number of hydrogen-bond donors (Lipinski definition) is 2. The fraction of sp³-hybridized carbons (Fsp3) is 0.889. The Kier molecular flexibility index (Phi) is 3.27. The highest BCUT2D eigenvalue weighted by molar-refractivity contribution is 5.76. The first kappa shape index (κ1) is 10.5. The zero-order valence-corrected chi connectivity index (χ0v) is 8.30. The van der Waals surface area contributed by atoms with Crippen LogP contribution in [0.2, 0.25) is 0 Å². The molecule has 1 aliphatic rings. The van der Waals surface area contributed by atoms with Crippen molar-refractivity contribution in [2.24, 2.45) is 5.73 Å². The molecule has 0 spiro atoms. The summed E-state index contributed by atoms with van der Waals surface area (Å²) in [7, 11) is 0. The molecule has 76 valence electrons. The summed E-state index contributed by atoms with van der Waals surface area (Å²) in [6.07, 6.45) is 1.21. The van der Waals surface area contributed by atoms with Crippen LogP contribution in [0.25, 0.3) is 0 Å². The van der Waals surface area contributed by atoms with Crippen molar-refractivity contribution >= 4 is 5.91 Å². The molecule has 0 aromatic carbocycles. The maximum absolute atomic E-state index is 11.3. The molecule has 1 heterocycles. The Morgan fingerprint density at radius 1 is 1.62 bits per heavy atom. The molecule has 0 bridgehead atoms. The van der Waals surface area contributed by atoms with Gasteiger partial charge in [0.25, 0.3) is 0 Å². The number of nitrogens with two attached hydrogens (primary N) is 1. The molecule has 4 nitrogen and oxygen atoms in total. The highest BCUT2D eigenvalue weighted by Gasteiger charge is 2.21. The van der Waals surface area contributed by atoms with Crippen LogP contribution in [0.3, 0.4) is 0 Å². The molecule has 1 saturated heterocycles. The van der Waals surface area contributed by atoms with Crippen molar-refractivity contribution in [1.29, 1.82) is 0 Å². The molecular formula is C9H18N2O2. The van der Waals surface area contributed by atoms with Crippen LogP contribution in [-0.2, 0) is 9.53 Å². The van der Waals surface area contributed by atoms with Gasteiger partial charge in [0.2, 0.25) is 5.91 Å². The van der Waals surface area contributed by atoms with E-state index in [4.69, 9.17) is 10.5 Å². The van der Waals surface area contributed by atoms with E-state index in [1.54, 1.807) is 0 Å². The van der Waals surface area contributed by atoms with Crippen molar-refractivity contribution in [3.63, 3.8) is 0 Å². The Hall–Kier alpha value is -0.610. The number of nitrogens with one attached hydrogen (secondary N) is 1. The quantitative estimate of drug-likeness (QED) is 0.650. The second kappa shape index (κ2) is 4.07. The summed E-state index contributed by atoms with van der Waals surface area (Å²) in [5, 5.41) is 2.87. The van der Waals surface area contributed by atoms with Gasteiger partial charge in [-0.3, -0.25) is 4.79 Å². The highest BCUT2D eigenvalue weighted by atomic mass is 16.5. The first-order valence-electron chi connectivity index (χ1n) is 4.63. The topological polar surface area (TPSA) is 64.4 Å². The molecule has 0 radical (unpaired) electrons. The standard InChI is InChI=1S/C9H18N2O2/c1-9(2,10)4-3-8(12)11-7-5-13-6-7/h7H,3-6,10H2,1-2H3,(H,11,12). The SMILES string of the molecule is CC(C)(N)CCC(=O)NC1COC1. The smallest absolute Gasteiger partial charge is 0.220 e. The van der Waals surface area contributed by atoms with Gasteiger partial charge in [0.05, 0.1) is 19.3 Å². The largest absolute Gasteiger partial charge is 0.377 e. The molecule has 0 aliphatic carbocycles. The molecular weight excluding hydrogens is 168 g/mol. The van der Waals surface area contributed by atoms with Crippen molar-refractivity contribution in [2.75, 3.05) is 13.2 Å². The van der Waals surface area contributed by atoms with Gasteiger partial charge >= 0.3 is 0 Å². The molecule has 1 amide bonds. The summed E-state index contributed by atoms with van der Waals surface area (Å²) < 4.78 is 4.94. The lowest BCUT2D eigenvalue weighted by Crippen LogP contribution is -2.49. The second-order valence-electron chi connectivity index (χ2n) is 4.29. The molecule has 0 unspecified atom stereocenters. The molecule has 1 fully saturated rings. The number of ether oxygens (including phenoxy) is 1. The highest BCUT2D eigenvalue weighted by Crippen LogP contribution is 2.07. The molecule has 0 atom stereocenters. The number of rotatable bonds is 4. The van der Waals surface area contributed by atoms with E-state index in [2.05, 4.69) is 5.32 Å². The Morgan fingerprint density at radius 2 is 2.23 bits per heavy atom. The molecule has 3 N–H and O–H groups in total. The van der Waals surface area contributed by atoms with Gasteiger partial charge in [0.1, 0.15) is 0 Å². The molecule has 1 rings (SSSR count).